The fourth-order valence-electron chi connectivity index (χ4n) is 1.52. The van der Waals surface area contributed by atoms with Crippen LogP contribution in [0.4, 0.5) is 0 Å². The molecule has 0 aliphatic carbocycles. The predicted molar refractivity (Wildman–Crippen MR) is 64.4 cm³/mol. The summed E-state index contributed by atoms with van der Waals surface area (Å²) in [4.78, 5) is 7.74. The van der Waals surface area contributed by atoms with Crippen molar-refractivity contribution in [2.75, 3.05) is 0 Å². The molecule has 0 saturated carbocycles. The minimum Gasteiger partial charge on any atom is -0.338 e. The molecular weight excluding hydrogens is 228 g/mol. The van der Waals surface area contributed by atoms with Crippen LogP contribution in [0.3, 0.4) is 0 Å². The van der Waals surface area contributed by atoms with Gasteiger partial charge in [-0.15, -0.1) is 0 Å². The number of aromatic nitrogens is 2. The Kier molecular flexibility index (Phi) is 2.01. The first kappa shape index (κ1) is 8.95. The van der Waals surface area contributed by atoms with Gasteiger partial charge in [0.15, 0.2) is 0 Å². The van der Waals surface area contributed by atoms with Gasteiger partial charge in [-0.3, -0.25) is 0 Å². The van der Waals surface area contributed by atoms with E-state index in [-0.39, 0.29) is 0 Å². The van der Waals surface area contributed by atoms with Gasteiger partial charge in [0.1, 0.15) is 5.82 Å². The molecule has 0 bridgehead atoms. The highest BCUT2D eigenvalue weighted by molar-refractivity contribution is 7.08. The van der Waals surface area contributed by atoms with Crippen LogP contribution in [0.2, 0.25) is 5.02 Å². The molecule has 1 aromatic carbocycles. The van der Waals surface area contributed by atoms with Gasteiger partial charge < -0.3 is 4.98 Å². The molecule has 0 aliphatic rings. The number of rotatable bonds is 1. The first-order valence-electron chi connectivity index (χ1n) is 4.51. The topological polar surface area (TPSA) is 28.7 Å². The van der Waals surface area contributed by atoms with E-state index < -0.39 is 0 Å². The van der Waals surface area contributed by atoms with Crippen LogP contribution in [-0.2, 0) is 0 Å². The Morgan fingerprint density at radius 3 is 3.00 bits per heavy atom. The Balaban J connectivity index is 2.22. The molecule has 0 amide bonds. The fraction of sp³-hybridized carbons (Fsp3) is 0. The summed E-state index contributed by atoms with van der Waals surface area (Å²) in [6.07, 6.45) is 0. The number of imidazole rings is 1. The molecule has 0 fully saturated rings. The van der Waals surface area contributed by atoms with Gasteiger partial charge in [-0.25, -0.2) is 4.98 Å². The van der Waals surface area contributed by atoms with E-state index in [0.717, 1.165) is 27.4 Å². The first-order valence-corrected chi connectivity index (χ1v) is 5.83. The standard InChI is InChI=1S/C11H7ClN2S/c12-8-1-2-9-10(5-8)14-11(13-9)7-3-4-15-6-7/h1-6H,(H,13,14). The molecule has 0 aliphatic heterocycles. The third-order valence-corrected chi connectivity index (χ3v) is 3.16. The van der Waals surface area contributed by atoms with Gasteiger partial charge in [0.05, 0.1) is 11.0 Å². The van der Waals surface area contributed by atoms with Crippen molar-refractivity contribution in [3.63, 3.8) is 0 Å². The number of hydrogen-bond donors (Lipinski definition) is 1. The normalized spacial score (nSPS) is 11.0. The molecule has 1 N–H and O–H groups in total. The fourth-order valence-corrected chi connectivity index (χ4v) is 2.33. The average molecular weight is 235 g/mol. The number of thiophene rings is 1. The van der Waals surface area contributed by atoms with E-state index >= 15 is 0 Å². The number of halogens is 1. The zero-order valence-electron chi connectivity index (χ0n) is 7.70. The molecule has 0 spiro atoms. The summed E-state index contributed by atoms with van der Waals surface area (Å²) >= 11 is 7.57. The average Bonchev–Trinajstić information content (AvgIpc) is 2.84. The largest absolute Gasteiger partial charge is 0.338 e. The van der Waals surface area contributed by atoms with Crippen LogP contribution < -0.4 is 0 Å². The number of H-pyrrole nitrogens is 1. The highest BCUT2D eigenvalue weighted by Gasteiger charge is 2.05. The third-order valence-electron chi connectivity index (χ3n) is 2.24. The number of benzene rings is 1. The molecule has 3 aromatic rings. The van der Waals surface area contributed by atoms with Gasteiger partial charge >= 0.3 is 0 Å². The molecule has 74 valence electrons. The second kappa shape index (κ2) is 3.36. The van der Waals surface area contributed by atoms with Gasteiger partial charge in [0.2, 0.25) is 0 Å². The van der Waals surface area contributed by atoms with E-state index in [0.29, 0.717) is 0 Å². The Labute approximate surface area is 95.5 Å². The Morgan fingerprint density at radius 2 is 2.20 bits per heavy atom. The van der Waals surface area contributed by atoms with E-state index in [1.165, 1.54) is 0 Å². The highest BCUT2D eigenvalue weighted by atomic mass is 35.5. The summed E-state index contributed by atoms with van der Waals surface area (Å²) in [5.41, 5.74) is 3.04. The van der Waals surface area contributed by atoms with Crippen molar-refractivity contribution in [2.24, 2.45) is 0 Å². The van der Waals surface area contributed by atoms with E-state index in [2.05, 4.69) is 15.3 Å². The minimum atomic E-state index is 0.725. The molecule has 2 heterocycles. The maximum Gasteiger partial charge on any atom is 0.139 e. The SMILES string of the molecule is Clc1ccc2nc(-c3ccsc3)[nH]c2c1. The molecule has 2 aromatic heterocycles. The molecular formula is C11H7ClN2S. The maximum atomic E-state index is 5.91. The van der Waals surface area contributed by atoms with Crippen molar-refractivity contribution in [1.29, 1.82) is 0 Å². The van der Waals surface area contributed by atoms with E-state index in [1.54, 1.807) is 11.3 Å². The summed E-state index contributed by atoms with van der Waals surface area (Å²) in [6, 6.07) is 7.70. The van der Waals surface area contributed by atoms with E-state index in [9.17, 15) is 0 Å². The summed E-state index contributed by atoms with van der Waals surface area (Å²) in [5, 5.41) is 4.83. The molecule has 0 saturated heterocycles. The zero-order chi connectivity index (χ0) is 10.3. The van der Waals surface area contributed by atoms with Gasteiger partial charge in [-0.1, -0.05) is 11.6 Å². The van der Waals surface area contributed by atoms with Crippen molar-refractivity contribution in [3.05, 3.63) is 40.0 Å². The van der Waals surface area contributed by atoms with Crippen LogP contribution in [0.1, 0.15) is 0 Å². The molecule has 15 heavy (non-hydrogen) atoms. The lowest BCUT2D eigenvalue weighted by Crippen LogP contribution is -1.73. The molecule has 0 atom stereocenters. The van der Waals surface area contributed by atoms with Crippen LogP contribution in [0.15, 0.2) is 35.0 Å². The summed E-state index contributed by atoms with van der Waals surface area (Å²) in [5.74, 6) is 0.897. The molecule has 3 rings (SSSR count). The smallest absolute Gasteiger partial charge is 0.139 e. The van der Waals surface area contributed by atoms with Crippen molar-refractivity contribution in [1.82, 2.24) is 9.97 Å². The lowest BCUT2D eigenvalue weighted by molar-refractivity contribution is 1.35. The zero-order valence-corrected chi connectivity index (χ0v) is 9.27. The van der Waals surface area contributed by atoms with Crippen LogP contribution in [-0.4, -0.2) is 9.97 Å². The van der Waals surface area contributed by atoms with Crippen LogP contribution in [0.5, 0.6) is 0 Å². The van der Waals surface area contributed by atoms with Gasteiger partial charge in [-0.05, 0) is 29.6 Å². The number of nitrogens with zero attached hydrogens (tertiary/aromatic N) is 1. The second-order valence-corrected chi connectivity index (χ2v) is 4.48. The van der Waals surface area contributed by atoms with Gasteiger partial charge in [0.25, 0.3) is 0 Å². The summed E-state index contributed by atoms with van der Waals surface area (Å²) in [6.45, 7) is 0. The Bertz CT molecular complexity index is 598. The van der Waals surface area contributed by atoms with E-state index in [1.807, 2.05) is 29.6 Å². The van der Waals surface area contributed by atoms with Crippen molar-refractivity contribution in [2.45, 2.75) is 0 Å². The van der Waals surface area contributed by atoms with Gasteiger partial charge in [-0.2, -0.15) is 11.3 Å². The maximum absolute atomic E-state index is 5.91. The number of hydrogen-bond acceptors (Lipinski definition) is 2. The molecule has 0 radical (unpaired) electrons. The predicted octanol–water partition coefficient (Wildman–Crippen LogP) is 3.94. The molecule has 2 nitrogen and oxygen atoms in total. The van der Waals surface area contributed by atoms with Crippen molar-refractivity contribution >= 4 is 34.0 Å². The minimum absolute atomic E-state index is 0.725. The van der Waals surface area contributed by atoms with Crippen molar-refractivity contribution in [3.8, 4) is 11.4 Å². The molecule has 4 heteroatoms. The van der Waals surface area contributed by atoms with Crippen LogP contribution >= 0.6 is 22.9 Å². The number of fused-ring (bicyclic) bond motifs is 1. The van der Waals surface area contributed by atoms with Crippen molar-refractivity contribution < 1.29 is 0 Å². The van der Waals surface area contributed by atoms with E-state index in [4.69, 9.17) is 11.6 Å². The van der Waals surface area contributed by atoms with Crippen LogP contribution in [0.25, 0.3) is 22.4 Å². The lowest BCUT2D eigenvalue weighted by Gasteiger charge is -1.87. The number of aromatic amines is 1. The quantitative estimate of drug-likeness (QED) is 0.679. The Morgan fingerprint density at radius 1 is 1.27 bits per heavy atom. The summed E-state index contributed by atoms with van der Waals surface area (Å²) < 4.78 is 0. The van der Waals surface area contributed by atoms with Gasteiger partial charge in [0, 0.05) is 16.0 Å². The molecule has 0 unspecified atom stereocenters. The lowest BCUT2D eigenvalue weighted by atomic mass is 10.3. The highest BCUT2D eigenvalue weighted by Crippen LogP contribution is 2.24. The van der Waals surface area contributed by atoms with Crippen LogP contribution in [0, 0.1) is 0 Å². The first-order chi connectivity index (χ1) is 7.33. The third kappa shape index (κ3) is 1.54. The summed E-state index contributed by atoms with van der Waals surface area (Å²) in [7, 11) is 0. The number of nitrogens with one attached hydrogen (secondary N) is 1. The second-order valence-electron chi connectivity index (χ2n) is 3.26. The Hall–Kier alpha value is -1.32. The monoisotopic (exact) mass is 234 g/mol.